The maximum absolute atomic E-state index is 14.4. The van der Waals surface area contributed by atoms with E-state index >= 15 is 0 Å². The largest absolute Gasteiger partial charge is 0.394 e. The number of carbonyl (C=O) groups excluding carboxylic acids is 3. The molecule has 1 aromatic carbocycles. The van der Waals surface area contributed by atoms with Gasteiger partial charge in [-0.3, -0.25) is 14.4 Å². The number of likely N-dealkylation sites (tertiary alicyclic amines) is 1. The van der Waals surface area contributed by atoms with Gasteiger partial charge >= 0.3 is 0 Å². The summed E-state index contributed by atoms with van der Waals surface area (Å²) in [5.41, 5.74) is 0.799. The molecule has 0 radical (unpaired) electrons. The van der Waals surface area contributed by atoms with Gasteiger partial charge in [0.1, 0.15) is 6.04 Å². The number of rotatable bonds is 8. The maximum Gasteiger partial charge on any atom is 0.247 e. The molecule has 2 saturated heterocycles. The van der Waals surface area contributed by atoms with Crippen molar-refractivity contribution in [2.45, 2.75) is 68.0 Å². The highest BCUT2D eigenvalue weighted by Gasteiger charge is 2.74. The van der Waals surface area contributed by atoms with Crippen LogP contribution in [0.1, 0.15) is 46.5 Å². The zero-order chi connectivity index (χ0) is 27.1. The molecule has 1 aromatic rings. The Morgan fingerprint density at radius 3 is 2.39 bits per heavy atom. The van der Waals surface area contributed by atoms with Gasteiger partial charge in [-0.25, -0.2) is 0 Å². The lowest BCUT2D eigenvalue weighted by atomic mass is 9.74. The van der Waals surface area contributed by atoms with Crippen LogP contribution in [0.25, 0.3) is 0 Å². The van der Waals surface area contributed by atoms with Crippen LogP contribution >= 0.6 is 11.8 Å². The van der Waals surface area contributed by atoms with Gasteiger partial charge in [0.25, 0.3) is 0 Å². The Labute approximate surface area is 229 Å². The molecule has 4 aliphatic heterocycles. The van der Waals surface area contributed by atoms with Gasteiger partial charge in [-0.1, -0.05) is 69.2 Å². The number of hydrogen-bond donors (Lipinski definition) is 1. The number of para-hydroxylation sites is 1. The fourth-order valence-electron chi connectivity index (χ4n) is 6.91. The van der Waals surface area contributed by atoms with Crippen molar-refractivity contribution >= 4 is 35.2 Å². The molecule has 0 saturated carbocycles. The number of aliphatic hydroxyl groups excluding tert-OH is 1. The van der Waals surface area contributed by atoms with E-state index in [1.165, 1.54) is 0 Å². The molecule has 5 rings (SSSR count). The minimum atomic E-state index is -0.880. The molecule has 0 aliphatic carbocycles. The number of hydrogen-bond acceptors (Lipinski definition) is 5. The maximum atomic E-state index is 14.4. The van der Waals surface area contributed by atoms with Crippen LogP contribution in [-0.2, 0) is 14.4 Å². The zero-order valence-electron chi connectivity index (χ0n) is 22.6. The van der Waals surface area contributed by atoms with Crippen LogP contribution in [0.3, 0.4) is 0 Å². The molecule has 4 heterocycles. The van der Waals surface area contributed by atoms with Gasteiger partial charge in [-0.05, 0) is 31.9 Å². The second kappa shape index (κ2) is 10.5. The standard InChI is InChI=1S/C30H39N3O4S/c1-4-6-10-17-31-18-12-16-30-24(27(36)33(21(5-2)20-34)25(30)28(31)37)23-26(35)32(22-13-8-7-9-14-22)19-11-15-29(23,3)38-30/h7-9,11-16,21,23-25,34H,4-6,10,17-20H2,1-3H3/t21-,23+,24-,25?,29-,30-/m0/s1. The second-order valence-electron chi connectivity index (χ2n) is 11.1. The number of nitrogens with zero attached hydrogens (tertiary/aromatic N) is 3. The van der Waals surface area contributed by atoms with E-state index in [0.29, 0.717) is 26.1 Å². The van der Waals surface area contributed by atoms with Crippen LogP contribution < -0.4 is 4.90 Å². The van der Waals surface area contributed by atoms with E-state index in [9.17, 15) is 19.5 Å². The van der Waals surface area contributed by atoms with Gasteiger partial charge in [0.2, 0.25) is 17.7 Å². The number of fused-ring (bicyclic) bond motifs is 2. The SMILES string of the molecule is CCCCCN1CC=C[C@]23S[C@@]4(C)C=CCN(c5ccccc5)C(=O)[C@H]4[C@H]2C(=O)N([C@@H](CC)CO)C3C1=O. The van der Waals surface area contributed by atoms with Crippen molar-refractivity contribution in [1.29, 1.82) is 0 Å². The number of benzene rings is 1. The summed E-state index contributed by atoms with van der Waals surface area (Å²) in [6, 6.07) is 8.34. The molecule has 204 valence electrons. The van der Waals surface area contributed by atoms with E-state index in [0.717, 1.165) is 24.9 Å². The first-order valence-electron chi connectivity index (χ1n) is 14.0. The summed E-state index contributed by atoms with van der Waals surface area (Å²) in [5.74, 6) is -1.68. The predicted molar refractivity (Wildman–Crippen MR) is 151 cm³/mol. The fourth-order valence-corrected chi connectivity index (χ4v) is 9.05. The van der Waals surface area contributed by atoms with Crippen LogP contribution in [0.4, 0.5) is 5.69 Å². The summed E-state index contributed by atoms with van der Waals surface area (Å²) in [6.45, 7) is 7.45. The minimum absolute atomic E-state index is 0.0715. The molecule has 3 amide bonds. The van der Waals surface area contributed by atoms with Gasteiger partial charge < -0.3 is 19.8 Å². The van der Waals surface area contributed by atoms with Crippen molar-refractivity contribution in [3.8, 4) is 0 Å². The van der Waals surface area contributed by atoms with Gasteiger partial charge in [-0.2, -0.15) is 0 Å². The molecule has 7 nitrogen and oxygen atoms in total. The molecule has 4 aliphatic rings. The lowest BCUT2D eigenvalue weighted by Crippen LogP contribution is -2.56. The van der Waals surface area contributed by atoms with E-state index in [1.54, 1.807) is 21.6 Å². The van der Waals surface area contributed by atoms with Gasteiger partial charge in [0.05, 0.1) is 29.2 Å². The van der Waals surface area contributed by atoms with E-state index < -0.39 is 33.4 Å². The summed E-state index contributed by atoms with van der Waals surface area (Å²) in [7, 11) is 0. The Balaban J connectivity index is 1.61. The number of unbranched alkanes of at least 4 members (excludes halogenated alkanes) is 2. The number of amides is 3. The molecule has 0 bridgehead atoms. The Morgan fingerprint density at radius 2 is 1.71 bits per heavy atom. The minimum Gasteiger partial charge on any atom is -0.394 e. The predicted octanol–water partition coefficient (Wildman–Crippen LogP) is 3.64. The Bertz CT molecular complexity index is 1140. The van der Waals surface area contributed by atoms with Crippen molar-refractivity contribution in [2.24, 2.45) is 11.8 Å². The van der Waals surface area contributed by atoms with Crippen molar-refractivity contribution in [2.75, 3.05) is 31.1 Å². The van der Waals surface area contributed by atoms with Gasteiger partial charge in [0.15, 0.2) is 0 Å². The Kier molecular flexibility index (Phi) is 7.48. The Morgan fingerprint density at radius 1 is 0.974 bits per heavy atom. The highest BCUT2D eigenvalue weighted by Crippen LogP contribution is 2.66. The first-order chi connectivity index (χ1) is 18.3. The quantitative estimate of drug-likeness (QED) is 0.405. The van der Waals surface area contributed by atoms with Crippen molar-refractivity contribution in [1.82, 2.24) is 9.80 Å². The second-order valence-corrected chi connectivity index (χ2v) is 12.9. The number of thioether (sulfide) groups is 1. The number of carbonyl (C=O) groups is 3. The summed E-state index contributed by atoms with van der Waals surface area (Å²) in [5, 5.41) is 10.3. The van der Waals surface area contributed by atoms with E-state index in [1.807, 2.05) is 61.2 Å². The molecule has 1 N–H and O–H groups in total. The molecule has 6 atom stereocenters. The molecule has 8 heteroatoms. The first-order valence-corrected chi connectivity index (χ1v) is 14.8. The summed E-state index contributed by atoms with van der Waals surface area (Å²) in [6.07, 6.45) is 11.7. The van der Waals surface area contributed by atoms with E-state index in [4.69, 9.17) is 0 Å². The third kappa shape index (κ3) is 4.11. The van der Waals surface area contributed by atoms with Crippen LogP contribution in [0.15, 0.2) is 54.6 Å². The topological polar surface area (TPSA) is 81.2 Å². The molecule has 0 aromatic heterocycles. The van der Waals surface area contributed by atoms with Crippen LogP contribution in [0.5, 0.6) is 0 Å². The van der Waals surface area contributed by atoms with Crippen molar-refractivity contribution in [3.05, 3.63) is 54.6 Å². The normalized spacial score (nSPS) is 33.2. The molecule has 1 unspecified atom stereocenters. The average Bonchev–Trinajstić information content (AvgIpc) is 3.19. The third-order valence-electron chi connectivity index (χ3n) is 8.75. The molecule has 1 spiro atoms. The third-order valence-corrected chi connectivity index (χ3v) is 10.5. The lowest BCUT2D eigenvalue weighted by Gasteiger charge is -2.39. The number of anilines is 1. The molecular formula is C30H39N3O4S. The molecule has 38 heavy (non-hydrogen) atoms. The molecule has 2 fully saturated rings. The van der Waals surface area contributed by atoms with Crippen LogP contribution in [-0.4, -0.2) is 80.4 Å². The van der Waals surface area contributed by atoms with Gasteiger partial charge in [0, 0.05) is 30.1 Å². The monoisotopic (exact) mass is 537 g/mol. The fraction of sp³-hybridized carbons (Fsp3) is 0.567. The van der Waals surface area contributed by atoms with Crippen LogP contribution in [0.2, 0.25) is 0 Å². The first kappa shape index (κ1) is 27.0. The zero-order valence-corrected chi connectivity index (χ0v) is 23.4. The van der Waals surface area contributed by atoms with E-state index in [2.05, 4.69) is 19.1 Å². The Hall–Kier alpha value is -2.58. The average molecular weight is 538 g/mol. The van der Waals surface area contributed by atoms with Gasteiger partial charge in [-0.15, -0.1) is 11.8 Å². The van der Waals surface area contributed by atoms with Crippen molar-refractivity contribution < 1.29 is 19.5 Å². The lowest BCUT2D eigenvalue weighted by molar-refractivity contribution is -0.145. The van der Waals surface area contributed by atoms with Crippen molar-refractivity contribution in [3.63, 3.8) is 0 Å². The summed E-state index contributed by atoms with van der Waals surface area (Å²) < 4.78 is -1.52. The van der Waals surface area contributed by atoms with Crippen LogP contribution in [0, 0.1) is 11.8 Å². The highest BCUT2D eigenvalue weighted by atomic mass is 32.2. The number of aliphatic hydroxyl groups is 1. The molecular weight excluding hydrogens is 498 g/mol. The smallest absolute Gasteiger partial charge is 0.247 e. The summed E-state index contributed by atoms with van der Waals surface area (Å²) >= 11 is 1.59. The van der Waals surface area contributed by atoms with E-state index in [-0.39, 0.29) is 24.3 Å². The highest BCUT2D eigenvalue weighted by molar-refractivity contribution is 8.02. The summed E-state index contributed by atoms with van der Waals surface area (Å²) in [4.78, 5) is 48.3.